The van der Waals surface area contributed by atoms with Crippen molar-refractivity contribution in [2.45, 2.75) is 25.6 Å². The minimum Gasteiger partial charge on any atom is -0.372 e. The predicted octanol–water partition coefficient (Wildman–Crippen LogP) is 3.26. The molecule has 88 valence electrons. The highest BCUT2D eigenvalue weighted by Crippen LogP contribution is 2.22. The Hall–Kier alpha value is -0.280. The molecule has 0 aliphatic carbocycles. The fourth-order valence-electron chi connectivity index (χ4n) is 1.81. The van der Waals surface area contributed by atoms with E-state index in [1.54, 1.807) is 6.07 Å². The zero-order valence-corrected chi connectivity index (χ0v) is 10.5. The molecule has 1 aliphatic heterocycles. The van der Waals surface area contributed by atoms with Crippen LogP contribution < -0.4 is 5.32 Å². The van der Waals surface area contributed by atoms with Crippen molar-refractivity contribution in [2.24, 2.45) is 0 Å². The van der Waals surface area contributed by atoms with E-state index in [4.69, 9.17) is 27.9 Å². The largest absolute Gasteiger partial charge is 0.372 e. The van der Waals surface area contributed by atoms with Crippen molar-refractivity contribution in [1.29, 1.82) is 0 Å². The average Bonchev–Trinajstić information content (AvgIpc) is 2.29. The first-order chi connectivity index (χ1) is 7.75. The first-order valence-corrected chi connectivity index (χ1v) is 6.27. The van der Waals surface area contributed by atoms with E-state index in [0.29, 0.717) is 22.8 Å². The molecule has 0 unspecified atom stereocenters. The molecular weight excluding hydrogens is 245 g/mol. The molecule has 1 aliphatic rings. The number of ether oxygens (including phenoxy) is 1. The zero-order valence-electron chi connectivity index (χ0n) is 9.01. The van der Waals surface area contributed by atoms with Crippen molar-refractivity contribution in [1.82, 2.24) is 5.32 Å². The van der Waals surface area contributed by atoms with Crippen LogP contribution in [0.15, 0.2) is 18.2 Å². The summed E-state index contributed by atoms with van der Waals surface area (Å²) >= 11 is 11.9. The van der Waals surface area contributed by atoms with Crippen LogP contribution in [0.5, 0.6) is 0 Å². The van der Waals surface area contributed by atoms with E-state index < -0.39 is 0 Å². The minimum atomic E-state index is 0.306. The SMILES string of the molecule is Clc1ccc(CO[C@H]2CCCNC2)c(Cl)c1. The van der Waals surface area contributed by atoms with E-state index in [9.17, 15) is 0 Å². The second-order valence-corrected chi connectivity index (χ2v) is 4.86. The monoisotopic (exact) mass is 259 g/mol. The fraction of sp³-hybridized carbons (Fsp3) is 0.500. The third-order valence-corrected chi connectivity index (χ3v) is 3.33. The van der Waals surface area contributed by atoms with Gasteiger partial charge in [0.25, 0.3) is 0 Å². The molecule has 1 heterocycles. The molecule has 4 heteroatoms. The van der Waals surface area contributed by atoms with Crippen molar-refractivity contribution < 1.29 is 4.74 Å². The average molecular weight is 260 g/mol. The summed E-state index contributed by atoms with van der Waals surface area (Å²) in [5.74, 6) is 0. The Morgan fingerprint density at radius 2 is 2.25 bits per heavy atom. The molecular formula is C12H15Cl2NO. The first-order valence-electron chi connectivity index (χ1n) is 5.52. The summed E-state index contributed by atoms with van der Waals surface area (Å²) in [6.07, 6.45) is 2.61. The third kappa shape index (κ3) is 3.36. The number of halogens is 2. The Balaban J connectivity index is 1.88. The van der Waals surface area contributed by atoms with Crippen molar-refractivity contribution >= 4 is 23.2 Å². The van der Waals surface area contributed by atoms with Crippen LogP contribution in [0.1, 0.15) is 18.4 Å². The minimum absolute atomic E-state index is 0.306. The first kappa shape index (κ1) is 12.2. The molecule has 2 nitrogen and oxygen atoms in total. The zero-order chi connectivity index (χ0) is 11.4. The van der Waals surface area contributed by atoms with Crippen LogP contribution in [-0.4, -0.2) is 19.2 Å². The number of hydrogen-bond acceptors (Lipinski definition) is 2. The summed E-state index contributed by atoms with van der Waals surface area (Å²) in [7, 11) is 0. The summed E-state index contributed by atoms with van der Waals surface area (Å²) in [4.78, 5) is 0. The van der Waals surface area contributed by atoms with E-state index in [-0.39, 0.29) is 0 Å². The Kier molecular flexibility index (Phi) is 4.47. The van der Waals surface area contributed by atoms with Crippen molar-refractivity contribution in [3.8, 4) is 0 Å². The maximum atomic E-state index is 6.07. The van der Waals surface area contributed by atoms with Gasteiger partial charge < -0.3 is 10.1 Å². The molecule has 1 atom stereocenters. The summed E-state index contributed by atoms with van der Waals surface area (Å²) in [5, 5.41) is 4.65. The summed E-state index contributed by atoms with van der Waals surface area (Å²) < 4.78 is 5.80. The van der Waals surface area contributed by atoms with Gasteiger partial charge in [-0.25, -0.2) is 0 Å². The van der Waals surface area contributed by atoms with E-state index >= 15 is 0 Å². The highest BCUT2D eigenvalue weighted by Gasteiger charge is 2.13. The molecule has 0 radical (unpaired) electrons. The third-order valence-electron chi connectivity index (χ3n) is 2.74. The summed E-state index contributed by atoms with van der Waals surface area (Å²) in [6, 6.07) is 5.51. The molecule has 1 fully saturated rings. The topological polar surface area (TPSA) is 21.3 Å². The Morgan fingerprint density at radius 1 is 1.38 bits per heavy atom. The molecule has 1 aromatic rings. The predicted molar refractivity (Wildman–Crippen MR) is 67.1 cm³/mol. The van der Waals surface area contributed by atoms with Crippen LogP contribution in [0.4, 0.5) is 0 Å². The molecule has 0 saturated carbocycles. The number of benzene rings is 1. The Bertz CT molecular complexity index is 351. The maximum Gasteiger partial charge on any atom is 0.0735 e. The van der Waals surface area contributed by atoms with Gasteiger partial charge in [-0.15, -0.1) is 0 Å². The number of rotatable bonds is 3. The van der Waals surface area contributed by atoms with Crippen LogP contribution in [0.3, 0.4) is 0 Å². The molecule has 0 bridgehead atoms. The molecule has 0 spiro atoms. The van der Waals surface area contributed by atoms with Gasteiger partial charge in [0, 0.05) is 16.6 Å². The van der Waals surface area contributed by atoms with Gasteiger partial charge in [0.1, 0.15) is 0 Å². The molecule has 1 N–H and O–H groups in total. The van der Waals surface area contributed by atoms with Gasteiger partial charge in [0.2, 0.25) is 0 Å². The Labute approximate surface area is 106 Å². The van der Waals surface area contributed by atoms with Crippen LogP contribution in [-0.2, 0) is 11.3 Å². The van der Waals surface area contributed by atoms with Crippen molar-refractivity contribution in [3.63, 3.8) is 0 Å². The van der Waals surface area contributed by atoms with Gasteiger partial charge in [-0.1, -0.05) is 29.3 Å². The van der Waals surface area contributed by atoms with Gasteiger partial charge >= 0.3 is 0 Å². The van der Waals surface area contributed by atoms with Crippen molar-refractivity contribution in [3.05, 3.63) is 33.8 Å². The lowest BCUT2D eigenvalue weighted by Crippen LogP contribution is -2.35. The lowest BCUT2D eigenvalue weighted by molar-refractivity contribution is 0.0253. The van der Waals surface area contributed by atoms with E-state index in [0.717, 1.165) is 25.1 Å². The highest BCUT2D eigenvalue weighted by atomic mass is 35.5. The van der Waals surface area contributed by atoms with E-state index in [1.807, 2.05) is 12.1 Å². The van der Waals surface area contributed by atoms with E-state index in [1.165, 1.54) is 6.42 Å². The normalized spacial score (nSPS) is 21.0. The smallest absolute Gasteiger partial charge is 0.0735 e. The molecule has 0 aromatic heterocycles. The quantitative estimate of drug-likeness (QED) is 0.900. The summed E-state index contributed by atoms with van der Waals surface area (Å²) in [5.41, 5.74) is 0.997. The lowest BCUT2D eigenvalue weighted by Gasteiger charge is -2.23. The van der Waals surface area contributed by atoms with Crippen LogP contribution >= 0.6 is 23.2 Å². The highest BCUT2D eigenvalue weighted by molar-refractivity contribution is 6.35. The standard InChI is InChI=1S/C12H15Cl2NO/c13-10-4-3-9(12(14)6-10)8-16-11-2-1-5-15-7-11/h3-4,6,11,15H,1-2,5,7-8H2/t11-/m0/s1. The fourth-order valence-corrected chi connectivity index (χ4v) is 2.27. The Morgan fingerprint density at radius 3 is 2.94 bits per heavy atom. The molecule has 0 amide bonds. The van der Waals surface area contributed by atoms with E-state index in [2.05, 4.69) is 5.32 Å². The van der Waals surface area contributed by atoms with Gasteiger partial charge in [0.15, 0.2) is 0 Å². The number of nitrogens with one attached hydrogen (secondary N) is 1. The second kappa shape index (κ2) is 5.87. The summed E-state index contributed by atoms with van der Waals surface area (Å²) in [6.45, 7) is 2.59. The van der Waals surface area contributed by atoms with Gasteiger partial charge in [-0.05, 0) is 37.1 Å². The van der Waals surface area contributed by atoms with Crippen LogP contribution in [0.2, 0.25) is 10.0 Å². The van der Waals surface area contributed by atoms with Gasteiger partial charge in [-0.2, -0.15) is 0 Å². The van der Waals surface area contributed by atoms with Gasteiger partial charge in [0.05, 0.1) is 12.7 Å². The second-order valence-electron chi connectivity index (χ2n) is 4.02. The van der Waals surface area contributed by atoms with Gasteiger partial charge in [-0.3, -0.25) is 0 Å². The van der Waals surface area contributed by atoms with Crippen LogP contribution in [0, 0.1) is 0 Å². The van der Waals surface area contributed by atoms with Crippen molar-refractivity contribution in [2.75, 3.05) is 13.1 Å². The van der Waals surface area contributed by atoms with Crippen LogP contribution in [0.25, 0.3) is 0 Å². The molecule has 1 aromatic carbocycles. The molecule has 16 heavy (non-hydrogen) atoms. The lowest BCUT2D eigenvalue weighted by atomic mass is 10.1. The molecule has 1 saturated heterocycles. The maximum absolute atomic E-state index is 6.07. The molecule has 2 rings (SSSR count). The number of piperidine rings is 1. The number of hydrogen-bond donors (Lipinski definition) is 1.